The molecule has 0 spiro atoms. The van der Waals surface area contributed by atoms with Gasteiger partial charge < -0.3 is 9.72 Å². The molecule has 0 unspecified atom stereocenters. The summed E-state index contributed by atoms with van der Waals surface area (Å²) >= 11 is 0. The fourth-order valence-corrected chi connectivity index (χ4v) is 2.13. The molecule has 0 aliphatic rings. The number of aryl methyl sites for hydroxylation is 2. The Balaban J connectivity index is 1.74. The van der Waals surface area contributed by atoms with Gasteiger partial charge in [0.05, 0.1) is 19.0 Å². The Morgan fingerprint density at radius 2 is 2.00 bits per heavy atom. The van der Waals surface area contributed by atoms with Gasteiger partial charge in [0.1, 0.15) is 5.75 Å². The molecule has 2 heterocycles. The summed E-state index contributed by atoms with van der Waals surface area (Å²) < 4.78 is 5.23. The van der Waals surface area contributed by atoms with Crippen LogP contribution in [0.3, 0.4) is 0 Å². The van der Waals surface area contributed by atoms with Gasteiger partial charge >= 0.3 is 0 Å². The van der Waals surface area contributed by atoms with Gasteiger partial charge in [-0.1, -0.05) is 12.1 Å². The van der Waals surface area contributed by atoms with E-state index in [-0.39, 0.29) is 0 Å². The zero-order valence-electron chi connectivity index (χ0n) is 10.8. The Bertz CT molecular complexity index is 690. The third-order valence-corrected chi connectivity index (χ3v) is 3.17. The van der Waals surface area contributed by atoms with Crippen LogP contribution in [-0.4, -0.2) is 22.1 Å². The van der Waals surface area contributed by atoms with Crippen LogP contribution < -0.4 is 4.74 Å². The highest BCUT2D eigenvalue weighted by Gasteiger charge is 2.01. The minimum absolute atomic E-state index is 0.769. The molecule has 0 saturated carbocycles. The molecular weight excluding hydrogens is 238 g/mol. The molecule has 0 aliphatic heterocycles. The summed E-state index contributed by atoms with van der Waals surface area (Å²) in [6.07, 6.45) is 5.49. The van der Waals surface area contributed by atoms with Crippen molar-refractivity contribution < 1.29 is 4.74 Å². The number of methoxy groups -OCH3 is 1. The van der Waals surface area contributed by atoms with E-state index in [1.54, 1.807) is 13.4 Å². The Hall–Kier alpha value is -2.36. The van der Waals surface area contributed by atoms with Gasteiger partial charge in [-0.3, -0.25) is 0 Å². The van der Waals surface area contributed by atoms with Crippen molar-refractivity contribution in [2.45, 2.75) is 12.8 Å². The number of nitrogens with zero attached hydrogens (tertiary/aromatic N) is 2. The second kappa shape index (κ2) is 5.10. The highest BCUT2D eigenvalue weighted by molar-refractivity contribution is 5.70. The van der Waals surface area contributed by atoms with Gasteiger partial charge in [0, 0.05) is 6.20 Å². The Labute approximate surface area is 111 Å². The van der Waals surface area contributed by atoms with E-state index >= 15 is 0 Å². The number of pyridine rings is 1. The van der Waals surface area contributed by atoms with Crippen LogP contribution in [-0.2, 0) is 12.8 Å². The zero-order valence-corrected chi connectivity index (χ0v) is 10.8. The van der Waals surface area contributed by atoms with E-state index in [1.807, 2.05) is 18.3 Å². The van der Waals surface area contributed by atoms with Crippen LogP contribution in [0.1, 0.15) is 11.1 Å². The molecule has 0 fully saturated rings. The van der Waals surface area contributed by atoms with Crippen LogP contribution in [0.15, 0.2) is 42.9 Å². The topological polar surface area (TPSA) is 50.8 Å². The van der Waals surface area contributed by atoms with Gasteiger partial charge in [0.25, 0.3) is 0 Å². The van der Waals surface area contributed by atoms with Gasteiger partial charge in [-0.15, -0.1) is 0 Å². The third-order valence-electron chi connectivity index (χ3n) is 3.17. The molecule has 0 radical (unpaired) electrons. The maximum absolute atomic E-state index is 5.23. The van der Waals surface area contributed by atoms with E-state index in [9.17, 15) is 0 Å². The molecule has 0 amide bonds. The van der Waals surface area contributed by atoms with Crippen molar-refractivity contribution in [3.8, 4) is 5.75 Å². The third kappa shape index (κ3) is 2.57. The summed E-state index contributed by atoms with van der Waals surface area (Å²) in [5.41, 5.74) is 4.23. The quantitative estimate of drug-likeness (QED) is 0.777. The number of H-pyrrole nitrogens is 1. The normalized spacial score (nSPS) is 10.8. The van der Waals surface area contributed by atoms with Crippen molar-refractivity contribution in [3.63, 3.8) is 0 Å². The van der Waals surface area contributed by atoms with Crippen LogP contribution >= 0.6 is 0 Å². The molecule has 0 atom stereocenters. The minimum atomic E-state index is 0.769. The smallest absolute Gasteiger partial charge is 0.177 e. The van der Waals surface area contributed by atoms with E-state index in [0.717, 1.165) is 29.8 Å². The molecule has 0 bridgehead atoms. The van der Waals surface area contributed by atoms with Crippen LogP contribution in [0.5, 0.6) is 5.75 Å². The predicted octanol–water partition coefficient (Wildman–Crippen LogP) is 2.75. The highest BCUT2D eigenvalue weighted by Crippen LogP contribution is 2.15. The van der Waals surface area contributed by atoms with Crippen molar-refractivity contribution in [2.75, 3.05) is 7.11 Å². The predicted molar refractivity (Wildman–Crippen MR) is 74.3 cm³/mol. The van der Waals surface area contributed by atoms with Gasteiger partial charge in [0.15, 0.2) is 5.65 Å². The van der Waals surface area contributed by atoms with Gasteiger partial charge in [-0.2, -0.15) is 0 Å². The number of ether oxygens (including phenoxy) is 1. The fraction of sp³-hybridized carbons (Fsp3) is 0.200. The molecule has 1 N–H and O–H groups in total. The average Bonchev–Trinajstić information content (AvgIpc) is 2.93. The minimum Gasteiger partial charge on any atom is -0.497 e. The molecule has 4 heteroatoms. The maximum atomic E-state index is 5.23. The zero-order chi connectivity index (χ0) is 13.1. The van der Waals surface area contributed by atoms with Crippen LogP contribution in [0.4, 0.5) is 0 Å². The summed E-state index contributed by atoms with van der Waals surface area (Å²) in [4.78, 5) is 11.5. The number of hydrogen-bond acceptors (Lipinski definition) is 3. The summed E-state index contributed by atoms with van der Waals surface area (Å²) in [5.74, 6) is 0.902. The first kappa shape index (κ1) is 11.7. The Morgan fingerprint density at radius 3 is 2.89 bits per heavy atom. The van der Waals surface area contributed by atoms with E-state index in [0.29, 0.717) is 0 Å². The number of aromatic amines is 1. The number of imidazole rings is 1. The summed E-state index contributed by atoms with van der Waals surface area (Å²) in [7, 11) is 1.69. The molecule has 0 aliphatic carbocycles. The van der Waals surface area contributed by atoms with Gasteiger partial charge in [0.2, 0.25) is 0 Å². The van der Waals surface area contributed by atoms with Crippen molar-refractivity contribution in [1.29, 1.82) is 0 Å². The summed E-state index contributed by atoms with van der Waals surface area (Å²) in [6.45, 7) is 0. The van der Waals surface area contributed by atoms with E-state index in [1.165, 1.54) is 11.1 Å². The maximum Gasteiger partial charge on any atom is 0.177 e. The van der Waals surface area contributed by atoms with E-state index in [2.05, 4.69) is 33.2 Å². The number of rotatable bonds is 4. The molecule has 19 heavy (non-hydrogen) atoms. The Kier molecular flexibility index (Phi) is 3.14. The van der Waals surface area contributed by atoms with E-state index in [4.69, 9.17) is 4.74 Å². The Morgan fingerprint density at radius 1 is 1.11 bits per heavy atom. The van der Waals surface area contributed by atoms with Gasteiger partial charge in [-0.25, -0.2) is 9.97 Å². The van der Waals surface area contributed by atoms with Crippen LogP contribution in [0.2, 0.25) is 0 Å². The lowest BCUT2D eigenvalue weighted by molar-refractivity contribution is 0.414. The molecule has 2 aromatic heterocycles. The standard InChI is InChI=1S/C15H15N3O/c1-19-13-4-2-3-11(7-13)5-6-12-8-14-15(16-9-12)18-10-17-14/h2-4,7-10H,5-6H2,1H3,(H,16,17,18). The molecule has 3 aromatic rings. The number of hydrogen-bond donors (Lipinski definition) is 1. The molecule has 4 nitrogen and oxygen atoms in total. The number of fused-ring (bicyclic) bond motifs is 1. The fourth-order valence-electron chi connectivity index (χ4n) is 2.13. The average molecular weight is 253 g/mol. The van der Waals surface area contributed by atoms with E-state index < -0.39 is 0 Å². The second-order valence-electron chi connectivity index (χ2n) is 4.47. The molecule has 3 rings (SSSR count). The monoisotopic (exact) mass is 253 g/mol. The number of aromatic nitrogens is 3. The number of nitrogens with one attached hydrogen (secondary N) is 1. The van der Waals surface area contributed by atoms with Crippen LogP contribution in [0, 0.1) is 0 Å². The van der Waals surface area contributed by atoms with Crippen molar-refractivity contribution in [1.82, 2.24) is 15.0 Å². The lowest BCUT2D eigenvalue weighted by Gasteiger charge is -2.04. The molecular formula is C15H15N3O. The van der Waals surface area contributed by atoms with Crippen molar-refractivity contribution in [3.05, 3.63) is 54.0 Å². The molecule has 96 valence electrons. The molecule has 0 saturated heterocycles. The SMILES string of the molecule is COc1cccc(CCc2cnc3nc[nH]c3c2)c1. The van der Waals surface area contributed by atoms with Crippen molar-refractivity contribution >= 4 is 11.2 Å². The summed E-state index contributed by atoms with van der Waals surface area (Å²) in [6, 6.07) is 10.3. The summed E-state index contributed by atoms with van der Waals surface area (Å²) in [5, 5.41) is 0. The first-order valence-corrected chi connectivity index (χ1v) is 6.26. The first-order chi connectivity index (χ1) is 9.35. The van der Waals surface area contributed by atoms with Gasteiger partial charge in [-0.05, 0) is 42.2 Å². The lowest BCUT2D eigenvalue weighted by Crippen LogP contribution is -1.93. The highest BCUT2D eigenvalue weighted by atomic mass is 16.5. The second-order valence-corrected chi connectivity index (χ2v) is 4.47. The van der Waals surface area contributed by atoms with Crippen LogP contribution in [0.25, 0.3) is 11.2 Å². The van der Waals surface area contributed by atoms with Crippen molar-refractivity contribution in [2.24, 2.45) is 0 Å². The molecule has 1 aromatic carbocycles. The largest absolute Gasteiger partial charge is 0.497 e. The number of benzene rings is 1. The first-order valence-electron chi connectivity index (χ1n) is 6.26. The lowest BCUT2D eigenvalue weighted by atomic mass is 10.1.